The van der Waals surface area contributed by atoms with E-state index in [0.717, 1.165) is 87.8 Å². The van der Waals surface area contributed by atoms with Gasteiger partial charge in [0.05, 0.1) is 47.5 Å². The first kappa shape index (κ1) is 97.6. The smallest absolute Gasteiger partial charge is 0.416 e. The molecular weight excluding hydrogens is 1830 g/mol. The zero-order valence-electron chi connectivity index (χ0n) is 72.9. The summed E-state index contributed by atoms with van der Waals surface area (Å²) in [5, 5.41) is 34.1. The average molecular weight is 1930 g/mol. The van der Waals surface area contributed by atoms with E-state index in [0.29, 0.717) is 91.2 Å². The van der Waals surface area contributed by atoms with Crippen LogP contribution in [0.15, 0.2) is 249 Å². The number of piperidine rings is 3. The number of thiophene rings is 1. The summed E-state index contributed by atoms with van der Waals surface area (Å²) < 4.78 is 207. The summed E-state index contributed by atoms with van der Waals surface area (Å²) in [5.74, 6) is 0.284. The van der Waals surface area contributed by atoms with Crippen LogP contribution in [-0.4, -0.2) is 152 Å². The highest BCUT2D eigenvalue weighted by atomic mass is 32.2. The van der Waals surface area contributed by atoms with Crippen molar-refractivity contribution in [2.24, 2.45) is 29.6 Å². The van der Waals surface area contributed by atoms with Gasteiger partial charge in [-0.05, 0) is 239 Å². The second kappa shape index (κ2) is 41.0. The Kier molecular flexibility index (Phi) is 30.1. The molecule has 31 nitrogen and oxygen atoms in total. The van der Waals surface area contributed by atoms with E-state index in [1.807, 2.05) is 76.2 Å². The number of carbonyl (C=O) groups is 4. The SMILES string of the molecule is CN(c1ccccc1)S(=O)(=O)c1ccc(C(=O)Nc2nnc(-c3ccc(C(F)(F)F)cc3)o2)cc1.C[C@@H]1C[C@H](C)CN(S(=O)(=O)c2csc(C(=O)Nc3nnc(-c4ccc(C(F)(F)F)cc4)o3)c2)C1.Cc1ccc(-c2ncc(NC(=O)c3ccc(S(=O)(=O)N4CCC(C)CC4)cc3)o2)cc1.Cc1ccc(-c2nnc(NC(=O)c3ccc(S(=O)(=O)N4C[C@H](C)C[C@H](C)C4)c(C)c3)o2)cc1. The highest BCUT2D eigenvalue weighted by Crippen LogP contribution is 2.37. The molecular formula is C91H91F6N15O16S5. The molecule has 3 saturated heterocycles. The molecule has 0 aliphatic carbocycles. The number of alkyl halides is 6. The number of para-hydroxylation sites is 1. The largest absolute Gasteiger partial charge is 0.420 e. The van der Waals surface area contributed by atoms with Crippen LogP contribution in [0.3, 0.4) is 0 Å². The first-order chi connectivity index (χ1) is 62.9. The number of carbonyl (C=O) groups excluding carboxylic acids is 4. The van der Waals surface area contributed by atoms with Crippen LogP contribution >= 0.6 is 11.3 Å². The third kappa shape index (κ3) is 24.3. The van der Waals surface area contributed by atoms with Crippen LogP contribution < -0.4 is 25.6 Å². The summed E-state index contributed by atoms with van der Waals surface area (Å²) in [6.45, 7) is 18.9. The monoisotopic (exact) mass is 1920 g/mol. The molecule has 0 saturated carbocycles. The zero-order valence-corrected chi connectivity index (χ0v) is 77.0. The van der Waals surface area contributed by atoms with Crippen LogP contribution in [0.25, 0.3) is 45.8 Å². The molecule has 0 unspecified atom stereocenters. The Balaban J connectivity index is 0.000000151. The molecule has 13 aromatic rings. The van der Waals surface area contributed by atoms with Crippen molar-refractivity contribution < 1.29 is 96.9 Å². The first-order valence-electron chi connectivity index (χ1n) is 41.6. The van der Waals surface area contributed by atoms with Crippen LogP contribution in [0.5, 0.6) is 0 Å². The number of sulfonamides is 4. The minimum Gasteiger partial charge on any atom is -0.420 e. The van der Waals surface area contributed by atoms with E-state index < -0.39 is 87.2 Å². The van der Waals surface area contributed by atoms with E-state index in [1.165, 1.54) is 118 Å². The van der Waals surface area contributed by atoms with E-state index in [-0.39, 0.29) is 88.7 Å². The first-order valence-corrected chi connectivity index (χ1v) is 48.2. The van der Waals surface area contributed by atoms with Crippen molar-refractivity contribution in [3.8, 4) is 45.8 Å². The van der Waals surface area contributed by atoms with Crippen molar-refractivity contribution in [2.45, 2.75) is 113 Å². The predicted molar refractivity (Wildman–Crippen MR) is 483 cm³/mol. The fourth-order valence-electron chi connectivity index (χ4n) is 14.7. The lowest BCUT2D eigenvalue weighted by Crippen LogP contribution is -2.42. The highest BCUT2D eigenvalue weighted by molar-refractivity contribution is 7.92. The van der Waals surface area contributed by atoms with Crippen LogP contribution in [0.2, 0.25) is 0 Å². The molecule has 0 radical (unpaired) electrons. The number of benzene rings is 8. The minimum atomic E-state index is -4.47. The van der Waals surface area contributed by atoms with Crippen molar-refractivity contribution in [1.29, 1.82) is 0 Å². The molecule has 4 amide bonds. The molecule has 0 spiro atoms. The van der Waals surface area contributed by atoms with Crippen molar-refractivity contribution >= 4 is 105 Å². The van der Waals surface area contributed by atoms with Gasteiger partial charge < -0.3 is 17.7 Å². The van der Waals surface area contributed by atoms with Crippen LogP contribution in [-0.2, 0) is 52.4 Å². The number of hydrogen-bond acceptors (Lipinski definition) is 24. The second-order valence-electron chi connectivity index (χ2n) is 32.6. The Morgan fingerprint density at radius 2 is 0.805 bits per heavy atom. The fraction of sp³-hybridized carbons (Fsp3) is 0.286. The number of nitrogens with zero attached hydrogens (tertiary/aromatic N) is 11. The Labute approximate surface area is 766 Å². The van der Waals surface area contributed by atoms with Crippen LogP contribution in [0.4, 0.5) is 56.0 Å². The van der Waals surface area contributed by atoms with E-state index in [4.69, 9.17) is 17.7 Å². The van der Waals surface area contributed by atoms with Gasteiger partial charge in [0, 0.05) is 90.6 Å². The van der Waals surface area contributed by atoms with E-state index >= 15 is 0 Å². The molecule has 4 atom stereocenters. The van der Waals surface area contributed by atoms with Crippen molar-refractivity contribution in [3.63, 3.8) is 0 Å². The highest BCUT2D eigenvalue weighted by Gasteiger charge is 2.37. The number of anilines is 5. The number of rotatable bonds is 21. The molecule has 16 rings (SSSR count). The number of aromatic nitrogens is 7. The van der Waals surface area contributed by atoms with Gasteiger partial charge in [0.2, 0.25) is 59.5 Å². The van der Waals surface area contributed by atoms with Crippen molar-refractivity contribution in [2.75, 3.05) is 71.9 Å². The summed E-state index contributed by atoms with van der Waals surface area (Å²) in [7, 11) is -13.3. The lowest BCUT2D eigenvalue weighted by molar-refractivity contribution is -0.138. The Bertz CT molecular complexity index is 6760. The van der Waals surface area contributed by atoms with Gasteiger partial charge in [-0.15, -0.1) is 26.6 Å². The summed E-state index contributed by atoms with van der Waals surface area (Å²) in [6, 6.07) is 48.5. The summed E-state index contributed by atoms with van der Waals surface area (Å²) in [4.78, 5) is 55.1. The third-order valence-corrected chi connectivity index (χ3v) is 30.3. The third-order valence-electron chi connectivity index (χ3n) is 21.7. The van der Waals surface area contributed by atoms with Gasteiger partial charge in [-0.3, -0.25) is 44.8 Å². The second-order valence-corrected chi connectivity index (χ2v) is 41.2. The number of nitrogens with one attached hydrogen (secondary N) is 4. The van der Waals surface area contributed by atoms with Crippen molar-refractivity contribution in [3.05, 3.63) is 261 Å². The van der Waals surface area contributed by atoms with Gasteiger partial charge in [0.25, 0.3) is 33.7 Å². The zero-order chi connectivity index (χ0) is 95.7. The molecule has 0 bridgehead atoms. The standard InChI is InChI=1S/C24H28N4O4S.C23H17F3N4O4S.C23H25N3O4S.C21H21F3N4O4S2/c1-15-5-7-19(8-6-15)23-26-27-24(32-23)25-22(29)20-9-10-21(18(4)12-20)33(30,31)28-13-16(2)11-17(3)14-28;1-30(18-5-3-2-4-6-18)35(32,33)19-13-9-15(10-14-19)20(31)27-22-29-28-21(34-22)16-7-11-17(12-8-16)23(24,25)26;1-16-3-5-19(6-4-16)23-24-15-21(30-23)25-22(27)18-7-9-20(10-8-18)31(28,29)26-13-11-17(2)12-14-26;1-12-7-13(2)10-28(9-12)34(30,31)16-8-17(33-11-16)18(29)25-20-27-26-19(32-20)14-3-5-15(6-4-14)21(22,23)24/h5-10,12,16-17H,11,13-14H2,1-4H3,(H,25,27,29);2-14H,1H3,(H,27,29,31);3-10,15,17H,11-14H2,1-2H3,(H,25,27);3-6,8,11-13H,7,9-10H2,1-2H3,(H,25,27,29)/t16-,17+;;;12-,13+. The topological polar surface area (TPSA) is 409 Å². The molecule has 8 aromatic carbocycles. The predicted octanol–water partition coefficient (Wildman–Crippen LogP) is 18.2. The summed E-state index contributed by atoms with van der Waals surface area (Å²) in [6.07, 6.45) is -3.79. The Morgan fingerprint density at radius 1 is 0.414 bits per heavy atom. The Hall–Kier alpha value is -13.0. The van der Waals surface area contributed by atoms with E-state index in [2.05, 4.69) is 77.6 Å². The number of oxazole rings is 1. The average Bonchev–Trinajstić information content (AvgIpc) is 1.78. The number of hydrogen-bond donors (Lipinski definition) is 4. The van der Waals surface area contributed by atoms with Gasteiger partial charge in [-0.2, -0.15) is 39.3 Å². The molecule has 3 aliphatic heterocycles. The summed E-state index contributed by atoms with van der Waals surface area (Å²) in [5.41, 5.74) is 4.40. The van der Waals surface area contributed by atoms with Gasteiger partial charge in [0.15, 0.2) is 0 Å². The van der Waals surface area contributed by atoms with E-state index in [9.17, 15) is 79.2 Å². The summed E-state index contributed by atoms with van der Waals surface area (Å²) >= 11 is 0.962. The molecule has 3 fully saturated rings. The van der Waals surface area contributed by atoms with Gasteiger partial charge in [0.1, 0.15) is 0 Å². The van der Waals surface area contributed by atoms with Crippen molar-refractivity contribution in [1.82, 2.24) is 48.5 Å². The number of aryl methyl sites for hydroxylation is 3. The minimum absolute atomic E-state index is 0.0113. The molecule has 133 heavy (non-hydrogen) atoms. The van der Waals surface area contributed by atoms with Gasteiger partial charge >= 0.3 is 30.4 Å². The normalized spacial score (nSPS) is 16.6. The van der Waals surface area contributed by atoms with Crippen LogP contribution in [0.1, 0.15) is 129 Å². The molecule has 5 aromatic heterocycles. The van der Waals surface area contributed by atoms with Gasteiger partial charge in [-0.1, -0.05) is 104 Å². The maximum atomic E-state index is 13.2. The maximum Gasteiger partial charge on any atom is 0.416 e. The molecule has 3 aliphatic rings. The quantitative estimate of drug-likeness (QED) is 0.0485. The molecule has 698 valence electrons. The number of amides is 4. The van der Waals surface area contributed by atoms with Crippen LogP contribution in [0, 0.1) is 50.4 Å². The Morgan fingerprint density at radius 3 is 1.25 bits per heavy atom. The molecule has 4 N–H and O–H groups in total. The van der Waals surface area contributed by atoms with E-state index in [1.54, 1.807) is 47.6 Å². The maximum absolute atomic E-state index is 13.2. The molecule has 42 heteroatoms. The fourth-order valence-corrected chi connectivity index (χ4v) is 22.1. The number of halogens is 6. The lowest BCUT2D eigenvalue weighted by atomic mass is 9.94. The lowest BCUT2D eigenvalue weighted by Gasteiger charge is -2.34. The van der Waals surface area contributed by atoms with Gasteiger partial charge in [-0.25, -0.2) is 38.7 Å². The molecule has 8 heterocycles.